The molecule has 2 aromatic heterocycles. The summed E-state index contributed by atoms with van der Waals surface area (Å²) in [5.74, 6) is 0.456. The Balaban J connectivity index is 1.52. The quantitative estimate of drug-likeness (QED) is 0.641. The van der Waals surface area contributed by atoms with E-state index in [-0.39, 0.29) is 17.7 Å². The van der Waals surface area contributed by atoms with Crippen LogP contribution in [0.4, 0.5) is 5.69 Å². The third-order valence-electron chi connectivity index (χ3n) is 4.83. The Morgan fingerprint density at radius 1 is 1.14 bits per heavy atom. The third-order valence-corrected chi connectivity index (χ3v) is 4.83. The average Bonchev–Trinajstić information content (AvgIpc) is 3.15. The molecular weight excluding hydrogens is 368 g/mol. The van der Waals surface area contributed by atoms with Gasteiger partial charge in [-0.2, -0.15) is 10.1 Å². The van der Waals surface area contributed by atoms with Crippen molar-refractivity contribution in [1.82, 2.24) is 24.9 Å². The van der Waals surface area contributed by atoms with Gasteiger partial charge in [-0.1, -0.05) is 26.0 Å². The Kier molecular flexibility index (Phi) is 6.21. The number of benzene rings is 1. The van der Waals surface area contributed by atoms with Gasteiger partial charge in [-0.05, 0) is 43.5 Å². The standard InChI is InChI=1S/C21H26N6O2/c1-13(2)20(29)26-17-7-5-16(6-8-17)11-22-19(28)10-9-18-14(3)25-21-23-12-24-27(21)15(18)4/h5-8,12-13H,9-11H2,1-4H3,(H,22,28)(H,26,29). The van der Waals surface area contributed by atoms with E-state index in [4.69, 9.17) is 0 Å². The first-order chi connectivity index (χ1) is 13.8. The zero-order valence-corrected chi connectivity index (χ0v) is 17.2. The first-order valence-corrected chi connectivity index (χ1v) is 9.67. The molecule has 2 N–H and O–H groups in total. The molecule has 29 heavy (non-hydrogen) atoms. The summed E-state index contributed by atoms with van der Waals surface area (Å²) in [6.45, 7) is 8.03. The van der Waals surface area contributed by atoms with Crippen LogP contribution < -0.4 is 10.6 Å². The first kappa shape index (κ1) is 20.4. The van der Waals surface area contributed by atoms with E-state index in [1.807, 2.05) is 52.0 Å². The zero-order chi connectivity index (χ0) is 21.0. The molecule has 8 nitrogen and oxygen atoms in total. The van der Waals surface area contributed by atoms with Gasteiger partial charge in [0.05, 0.1) is 0 Å². The average molecular weight is 394 g/mol. The lowest BCUT2D eigenvalue weighted by molar-refractivity contribution is -0.121. The maximum atomic E-state index is 12.3. The fourth-order valence-corrected chi connectivity index (χ4v) is 3.04. The van der Waals surface area contributed by atoms with Crippen LogP contribution in [-0.4, -0.2) is 31.4 Å². The van der Waals surface area contributed by atoms with E-state index in [0.29, 0.717) is 25.2 Å². The summed E-state index contributed by atoms with van der Waals surface area (Å²) in [4.78, 5) is 32.6. The second-order valence-electron chi connectivity index (χ2n) is 7.35. The van der Waals surface area contributed by atoms with Crippen LogP contribution in [0.15, 0.2) is 30.6 Å². The molecule has 0 unspecified atom stereocenters. The van der Waals surface area contributed by atoms with Gasteiger partial charge in [0.1, 0.15) is 6.33 Å². The van der Waals surface area contributed by atoms with E-state index in [9.17, 15) is 9.59 Å². The molecule has 0 atom stereocenters. The number of carbonyl (C=O) groups excluding carboxylic acids is 2. The van der Waals surface area contributed by atoms with E-state index < -0.39 is 0 Å². The van der Waals surface area contributed by atoms with Gasteiger partial charge >= 0.3 is 0 Å². The molecule has 3 rings (SSSR count). The Morgan fingerprint density at radius 2 is 1.86 bits per heavy atom. The summed E-state index contributed by atoms with van der Waals surface area (Å²) in [6, 6.07) is 7.47. The second-order valence-corrected chi connectivity index (χ2v) is 7.35. The molecule has 1 aromatic carbocycles. The lowest BCUT2D eigenvalue weighted by atomic mass is 10.1. The molecule has 0 saturated carbocycles. The summed E-state index contributed by atoms with van der Waals surface area (Å²) < 4.78 is 1.69. The third kappa shape index (κ3) is 4.96. The molecule has 0 fully saturated rings. The predicted molar refractivity (Wildman–Crippen MR) is 110 cm³/mol. The van der Waals surface area contributed by atoms with Crippen LogP contribution in [-0.2, 0) is 22.6 Å². The van der Waals surface area contributed by atoms with Crippen LogP contribution in [0.5, 0.6) is 0 Å². The van der Waals surface area contributed by atoms with Crippen LogP contribution in [0.25, 0.3) is 5.78 Å². The molecule has 3 aromatic rings. The monoisotopic (exact) mass is 394 g/mol. The van der Waals surface area contributed by atoms with Crippen molar-refractivity contribution in [2.45, 2.75) is 47.1 Å². The van der Waals surface area contributed by atoms with Crippen LogP contribution in [0.3, 0.4) is 0 Å². The Labute approximate surface area is 169 Å². The number of hydrogen-bond acceptors (Lipinski definition) is 5. The summed E-state index contributed by atoms with van der Waals surface area (Å²) in [6.07, 6.45) is 2.43. The number of nitrogens with one attached hydrogen (secondary N) is 2. The van der Waals surface area contributed by atoms with Crippen LogP contribution >= 0.6 is 0 Å². The molecular formula is C21H26N6O2. The molecule has 2 amide bonds. The molecule has 0 spiro atoms. The van der Waals surface area contributed by atoms with Crippen LogP contribution in [0.1, 0.15) is 42.8 Å². The maximum absolute atomic E-state index is 12.3. The minimum absolute atomic E-state index is 0.0183. The number of anilines is 1. The Bertz CT molecular complexity index is 1020. The molecule has 152 valence electrons. The minimum atomic E-state index is -0.0679. The Morgan fingerprint density at radius 3 is 2.55 bits per heavy atom. The molecule has 0 aliphatic rings. The van der Waals surface area contributed by atoms with Gasteiger partial charge < -0.3 is 10.6 Å². The van der Waals surface area contributed by atoms with Crippen LogP contribution in [0, 0.1) is 19.8 Å². The van der Waals surface area contributed by atoms with Gasteiger partial charge in [-0.15, -0.1) is 0 Å². The van der Waals surface area contributed by atoms with E-state index in [0.717, 1.165) is 28.2 Å². The SMILES string of the molecule is Cc1nc2ncnn2c(C)c1CCC(=O)NCc1ccc(NC(=O)C(C)C)cc1. The van der Waals surface area contributed by atoms with E-state index in [1.165, 1.54) is 6.33 Å². The van der Waals surface area contributed by atoms with E-state index in [1.54, 1.807) is 4.52 Å². The van der Waals surface area contributed by atoms with Gasteiger partial charge in [0, 0.05) is 36.0 Å². The number of amides is 2. The molecule has 0 radical (unpaired) electrons. The normalized spacial score (nSPS) is 11.1. The number of nitrogens with zero attached hydrogens (tertiary/aromatic N) is 4. The highest BCUT2D eigenvalue weighted by molar-refractivity contribution is 5.92. The minimum Gasteiger partial charge on any atom is -0.352 e. The highest BCUT2D eigenvalue weighted by Crippen LogP contribution is 2.15. The number of aryl methyl sites for hydroxylation is 2. The van der Waals surface area contributed by atoms with Crippen molar-refractivity contribution < 1.29 is 9.59 Å². The number of hydrogen-bond donors (Lipinski definition) is 2. The lowest BCUT2D eigenvalue weighted by Crippen LogP contribution is -2.23. The molecule has 2 heterocycles. The van der Waals surface area contributed by atoms with Crippen molar-refractivity contribution >= 4 is 23.3 Å². The largest absolute Gasteiger partial charge is 0.352 e. The number of carbonyl (C=O) groups is 2. The van der Waals surface area contributed by atoms with Gasteiger partial charge in [-0.3, -0.25) is 9.59 Å². The zero-order valence-electron chi connectivity index (χ0n) is 17.2. The summed E-state index contributed by atoms with van der Waals surface area (Å²) in [7, 11) is 0. The van der Waals surface area contributed by atoms with Crippen molar-refractivity contribution in [2.24, 2.45) is 5.92 Å². The van der Waals surface area contributed by atoms with Crippen molar-refractivity contribution in [3.05, 3.63) is 53.1 Å². The molecule has 0 bridgehead atoms. The molecule has 0 saturated heterocycles. The van der Waals surface area contributed by atoms with Crippen molar-refractivity contribution in [3.63, 3.8) is 0 Å². The van der Waals surface area contributed by atoms with E-state index >= 15 is 0 Å². The fourth-order valence-electron chi connectivity index (χ4n) is 3.04. The molecule has 0 aliphatic carbocycles. The van der Waals surface area contributed by atoms with Crippen molar-refractivity contribution in [2.75, 3.05) is 5.32 Å². The first-order valence-electron chi connectivity index (χ1n) is 9.67. The maximum Gasteiger partial charge on any atom is 0.252 e. The van der Waals surface area contributed by atoms with Crippen molar-refractivity contribution in [3.8, 4) is 0 Å². The smallest absolute Gasteiger partial charge is 0.252 e. The van der Waals surface area contributed by atoms with Gasteiger partial charge in [-0.25, -0.2) is 9.50 Å². The second kappa shape index (κ2) is 8.81. The summed E-state index contributed by atoms with van der Waals surface area (Å²) in [5.41, 5.74) is 4.56. The lowest BCUT2D eigenvalue weighted by Gasteiger charge is -2.11. The predicted octanol–water partition coefficient (Wildman–Crippen LogP) is 2.58. The number of rotatable bonds is 7. The topological polar surface area (TPSA) is 101 Å². The highest BCUT2D eigenvalue weighted by atomic mass is 16.2. The molecule has 0 aliphatic heterocycles. The highest BCUT2D eigenvalue weighted by Gasteiger charge is 2.12. The number of aromatic nitrogens is 4. The van der Waals surface area contributed by atoms with Crippen LogP contribution in [0.2, 0.25) is 0 Å². The van der Waals surface area contributed by atoms with Gasteiger partial charge in [0.25, 0.3) is 5.78 Å². The van der Waals surface area contributed by atoms with Gasteiger partial charge in [0.2, 0.25) is 11.8 Å². The molecule has 8 heteroatoms. The Hall–Kier alpha value is -3.29. The summed E-state index contributed by atoms with van der Waals surface area (Å²) >= 11 is 0. The van der Waals surface area contributed by atoms with E-state index in [2.05, 4.69) is 25.7 Å². The van der Waals surface area contributed by atoms with Crippen molar-refractivity contribution in [1.29, 1.82) is 0 Å². The number of fused-ring (bicyclic) bond motifs is 1. The fraction of sp³-hybridized carbons (Fsp3) is 0.381. The summed E-state index contributed by atoms with van der Waals surface area (Å²) in [5, 5.41) is 9.96. The van der Waals surface area contributed by atoms with Gasteiger partial charge in [0.15, 0.2) is 0 Å².